The van der Waals surface area contributed by atoms with Gasteiger partial charge in [0.1, 0.15) is 5.70 Å². The molecule has 6 nitrogen and oxygen atoms in total. The van der Waals surface area contributed by atoms with Crippen molar-refractivity contribution in [2.24, 2.45) is 0 Å². The van der Waals surface area contributed by atoms with E-state index in [2.05, 4.69) is 29.7 Å². The second kappa shape index (κ2) is 9.32. The lowest BCUT2D eigenvalue weighted by Crippen LogP contribution is -3.15. The van der Waals surface area contributed by atoms with E-state index in [4.69, 9.17) is 11.6 Å². The van der Waals surface area contributed by atoms with Crippen LogP contribution < -0.4 is 15.3 Å². The number of amides is 2. The second-order valence-corrected chi connectivity index (χ2v) is 8.10. The van der Waals surface area contributed by atoms with Gasteiger partial charge in [0, 0.05) is 17.9 Å². The molecule has 1 fully saturated rings. The zero-order chi connectivity index (χ0) is 20.9. The lowest BCUT2D eigenvalue weighted by Gasteiger charge is -2.35. The van der Waals surface area contributed by atoms with Gasteiger partial charge in [0.25, 0.3) is 5.91 Å². The molecule has 156 valence electrons. The van der Waals surface area contributed by atoms with Crippen LogP contribution >= 0.6 is 11.6 Å². The van der Waals surface area contributed by atoms with Crippen LogP contribution in [0.5, 0.6) is 0 Å². The molecule has 2 amide bonds. The van der Waals surface area contributed by atoms with Crippen LogP contribution in [0.2, 0.25) is 5.02 Å². The first-order valence-electron chi connectivity index (χ1n) is 10.3. The van der Waals surface area contributed by atoms with Gasteiger partial charge in [-0.15, -0.1) is 0 Å². The van der Waals surface area contributed by atoms with Crippen LogP contribution in [0.15, 0.2) is 66.4 Å². The topological polar surface area (TPSA) is 57.1 Å². The van der Waals surface area contributed by atoms with Gasteiger partial charge in [0.15, 0.2) is 0 Å². The molecule has 0 bridgehead atoms. The largest absolute Gasteiger partial charge is 0.332 e. The van der Waals surface area contributed by atoms with Gasteiger partial charge in [0.05, 0.1) is 38.4 Å². The molecule has 7 heteroatoms. The van der Waals surface area contributed by atoms with E-state index in [0.717, 1.165) is 39.1 Å². The average Bonchev–Trinajstić information content (AvgIpc) is 2.79. The summed E-state index contributed by atoms with van der Waals surface area (Å²) in [6.07, 6.45) is 2.93. The van der Waals surface area contributed by atoms with Crippen molar-refractivity contribution in [3.05, 3.63) is 77.0 Å². The summed E-state index contributed by atoms with van der Waals surface area (Å²) in [5.41, 5.74) is 5.47. The first-order chi connectivity index (χ1) is 14.6. The monoisotopic (exact) mass is 425 g/mol. The lowest BCUT2D eigenvalue weighted by atomic mass is 10.1. The van der Waals surface area contributed by atoms with Crippen molar-refractivity contribution in [3.8, 4) is 0 Å². The van der Waals surface area contributed by atoms with Crippen LogP contribution in [0.25, 0.3) is 0 Å². The number of benzene rings is 2. The SMILES string of the molecule is O=C(C1=CCC(=O)N(c2ccc(Cl)cc2)N1)N1CC[NH+](CCc2ccccc2)CC1. The van der Waals surface area contributed by atoms with Crippen LogP contribution in [-0.2, 0) is 16.0 Å². The van der Waals surface area contributed by atoms with E-state index in [1.807, 2.05) is 11.0 Å². The molecular weight excluding hydrogens is 400 g/mol. The van der Waals surface area contributed by atoms with Crippen LogP contribution in [0.1, 0.15) is 12.0 Å². The minimum atomic E-state index is -0.107. The summed E-state index contributed by atoms with van der Waals surface area (Å²) in [6.45, 7) is 4.39. The van der Waals surface area contributed by atoms with E-state index in [9.17, 15) is 9.59 Å². The first-order valence-corrected chi connectivity index (χ1v) is 10.7. The number of carbonyl (C=O) groups excluding carboxylic acids is 2. The number of nitrogens with zero attached hydrogens (tertiary/aromatic N) is 2. The molecule has 30 heavy (non-hydrogen) atoms. The number of hydrogen-bond acceptors (Lipinski definition) is 3. The highest BCUT2D eigenvalue weighted by molar-refractivity contribution is 6.30. The van der Waals surface area contributed by atoms with Crippen LogP contribution in [0.4, 0.5) is 5.69 Å². The lowest BCUT2D eigenvalue weighted by molar-refractivity contribution is -0.903. The van der Waals surface area contributed by atoms with E-state index >= 15 is 0 Å². The Morgan fingerprint density at radius 1 is 1.03 bits per heavy atom. The highest BCUT2D eigenvalue weighted by Crippen LogP contribution is 2.20. The maximum Gasteiger partial charge on any atom is 0.271 e. The third kappa shape index (κ3) is 4.83. The molecule has 0 aliphatic carbocycles. The zero-order valence-electron chi connectivity index (χ0n) is 16.8. The Hall–Kier alpha value is -2.83. The summed E-state index contributed by atoms with van der Waals surface area (Å²) >= 11 is 5.94. The number of rotatable bonds is 5. The third-order valence-corrected chi connectivity index (χ3v) is 5.90. The molecule has 0 saturated carbocycles. The van der Waals surface area contributed by atoms with Crippen molar-refractivity contribution >= 4 is 29.1 Å². The minimum Gasteiger partial charge on any atom is -0.332 e. The molecule has 0 spiro atoms. The molecule has 2 aromatic carbocycles. The number of carbonyl (C=O) groups is 2. The average molecular weight is 426 g/mol. The van der Waals surface area contributed by atoms with Crippen molar-refractivity contribution in [1.29, 1.82) is 0 Å². The van der Waals surface area contributed by atoms with Gasteiger partial charge in [-0.3, -0.25) is 15.0 Å². The van der Waals surface area contributed by atoms with Crippen LogP contribution in [0, 0.1) is 0 Å². The summed E-state index contributed by atoms with van der Waals surface area (Å²) in [6, 6.07) is 17.5. The smallest absolute Gasteiger partial charge is 0.271 e. The fourth-order valence-corrected chi connectivity index (χ4v) is 3.98. The van der Waals surface area contributed by atoms with E-state index in [-0.39, 0.29) is 18.2 Å². The summed E-state index contributed by atoms with van der Waals surface area (Å²) < 4.78 is 0. The molecule has 2 N–H and O–H groups in total. The highest BCUT2D eigenvalue weighted by Gasteiger charge is 2.30. The zero-order valence-corrected chi connectivity index (χ0v) is 17.6. The summed E-state index contributed by atoms with van der Waals surface area (Å²) in [5, 5.41) is 2.02. The Morgan fingerprint density at radius 3 is 2.43 bits per heavy atom. The highest BCUT2D eigenvalue weighted by atomic mass is 35.5. The molecule has 2 aliphatic rings. The molecule has 1 saturated heterocycles. The normalized spacial score (nSPS) is 17.5. The number of halogens is 1. The molecule has 0 radical (unpaired) electrons. The minimum absolute atomic E-state index is 0.0522. The van der Waals surface area contributed by atoms with E-state index < -0.39 is 0 Å². The summed E-state index contributed by atoms with van der Waals surface area (Å²) in [7, 11) is 0. The van der Waals surface area contributed by atoms with Crippen molar-refractivity contribution in [1.82, 2.24) is 10.3 Å². The molecule has 4 rings (SSSR count). The second-order valence-electron chi connectivity index (χ2n) is 7.67. The summed E-state index contributed by atoms with van der Waals surface area (Å²) in [4.78, 5) is 28.7. The van der Waals surface area contributed by atoms with Crippen molar-refractivity contribution in [2.75, 3.05) is 37.7 Å². The molecule has 0 unspecified atom stereocenters. The Bertz CT molecular complexity index is 922. The predicted molar refractivity (Wildman–Crippen MR) is 117 cm³/mol. The first kappa shape index (κ1) is 20.4. The number of hydrazine groups is 1. The standard InChI is InChI=1S/C23H25ClN4O2/c24-19-6-8-20(9-7-19)28-22(29)11-10-21(25-28)23(30)27-16-14-26(15-17-27)13-12-18-4-2-1-3-5-18/h1-10,25H,11-17H2/p+1. The molecule has 0 atom stereocenters. The predicted octanol–water partition coefficient (Wildman–Crippen LogP) is 1.43. The maximum absolute atomic E-state index is 13.0. The number of quaternary nitrogens is 1. The Balaban J connectivity index is 1.31. The fourth-order valence-electron chi connectivity index (χ4n) is 3.86. The van der Waals surface area contributed by atoms with Gasteiger partial charge in [-0.25, -0.2) is 5.01 Å². The quantitative estimate of drug-likeness (QED) is 0.762. The number of piperazine rings is 1. The summed E-state index contributed by atoms with van der Waals surface area (Å²) in [5.74, 6) is -0.160. The van der Waals surface area contributed by atoms with Gasteiger partial charge in [0.2, 0.25) is 5.91 Å². The number of anilines is 1. The molecule has 2 aliphatic heterocycles. The number of hydrogen-bond donors (Lipinski definition) is 2. The van der Waals surface area contributed by atoms with Crippen LogP contribution in [0.3, 0.4) is 0 Å². The Labute approximate surface area is 181 Å². The van der Waals surface area contributed by atoms with E-state index in [0.29, 0.717) is 16.4 Å². The van der Waals surface area contributed by atoms with E-state index in [1.165, 1.54) is 15.5 Å². The molecule has 0 aromatic heterocycles. The third-order valence-electron chi connectivity index (χ3n) is 5.65. The van der Waals surface area contributed by atoms with Crippen molar-refractivity contribution < 1.29 is 14.5 Å². The Kier molecular flexibility index (Phi) is 6.35. The maximum atomic E-state index is 13.0. The van der Waals surface area contributed by atoms with Crippen molar-refractivity contribution in [2.45, 2.75) is 12.8 Å². The Morgan fingerprint density at radius 2 is 1.73 bits per heavy atom. The van der Waals surface area contributed by atoms with Gasteiger partial charge < -0.3 is 9.80 Å². The number of nitrogens with one attached hydrogen (secondary N) is 2. The van der Waals surface area contributed by atoms with Crippen molar-refractivity contribution in [3.63, 3.8) is 0 Å². The van der Waals surface area contributed by atoms with Gasteiger partial charge in [-0.2, -0.15) is 0 Å². The van der Waals surface area contributed by atoms with E-state index in [1.54, 1.807) is 30.3 Å². The molecule has 2 heterocycles. The molecular formula is C23H26ClN4O2+. The fraction of sp³-hybridized carbons (Fsp3) is 0.304. The van der Waals surface area contributed by atoms with Gasteiger partial charge in [-0.05, 0) is 35.9 Å². The van der Waals surface area contributed by atoms with Gasteiger partial charge in [-0.1, -0.05) is 41.9 Å². The van der Waals surface area contributed by atoms with Crippen LogP contribution in [-0.4, -0.2) is 49.4 Å². The molecule has 2 aromatic rings. The van der Waals surface area contributed by atoms with Gasteiger partial charge >= 0.3 is 0 Å².